The van der Waals surface area contributed by atoms with E-state index in [9.17, 15) is 14.4 Å². The molecule has 0 radical (unpaired) electrons. The highest BCUT2D eigenvalue weighted by atomic mass is 79.9. The van der Waals surface area contributed by atoms with E-state index in [1.165, 1.54) is 4.57 Å². The number of allylic oxidation sites excluding steroid dienone is 1. The number of hydrogen-bond donors (Lipinski definition) is 0. The highest BCUT2D eigenvalue weighted by Gasteiger charge is 2.38. The Morgan fingerprint density at radius 1 is 1.18 bits per heavy atom. The number of ether oxygens (including phenoxy) is 2. The molecule has 0 saturated heterocycles. The van der Waals surface area contributed by atoms with Gasteiger partial charge >= 0.3 is 5.97 Å². The van der Waals surface area contributed by atoms with Crippen molar-refractivity contribution < 1.29 is 19.1 Å². The first-order chi connectivity index (χ1) is 18.2. The summed E-state index contributed by atoms with van der Waals surface area (Å²) in [7, 11) is 1.56. The number of methoxy groups -OCH3 is 1. The van der Waals surface area contributed by atoms with Gasteiger partial charge < -0.3 is 14.4 Å². The normalized spacial score (nSPS) is 17.9. The maximum absolute atomic E-state index is 14.2. The van der Waals surface area contributed by atoms with Crippen LogP contribution in [0, 0.1) is 0 Å². The second kappa shape index (κ2) is 9.99. The molecule has 2 aliphatic heterocycles. The van der Waals surface area contributed by atoms with E-state index in [0.29, 0.717) is 42.0 Å². The first kappa shape index (κ1) is 26.1. The number of anilines is 1. The van der Waals surface area contributed by atoms with Crippen LogP contribution in [0.3, 0.4) is 0 Å². The topological polar surface area (TPSA) is 90.2 Å². The molecule has 196 valence electrons. The third-order valence-electron chi connectivity index (χ3n) is 6.59. The van der Waals surface area contributed by atoms with Crippen molar-refractivity contribution in [3.8, 4) is 5.75 Å². The summed E-state index contributed by atoms with van der Waals surface area (Å²) in [5.41, 5.74) is 2.86. The van der Waals surface area contributed by atoms with E-state index in [1.807, 2.05) is 50.2 Å². The van der Waals surface area contributed by atoms with Crippen LogP contribution in [0.1, 0.15) is 44.9 Å². The molecule has 0 aliphatic carbocycles. The van der Waals surface area contributed by atoms with E-state index < -0.39 is 12.0 Å². The third kappa shape index (κ3) is 4.03. The van der Waals surface area contributed by atoms with Crippen molar-refractivity contribution in [2.45, 2.75) is 39.8 Å². The molecule has 0 spiro atoms. The van der Waals surface area contributed by atoms with E-state index in [4.69, 9.17) is 9.47 Å². The number of carbonyl (C=O) groups excluding carboxylic acids is 2. The molecule has 1 amide bonds. The summed E-state index contributed by atoms with van der Waals surface area (Å²) in [4.78, 5) is 47.8. The zero-order chi connectivity index (χ0) is 27.3. The first-order valence-corrected chi connectivity index (χ1v) is 13.8. The van der Waals surface area contributed by atoms with Crippen molar-refractivity contribution in [2.75, 3.05) is 18.6 Å². The van der Waals surface area contributed by atoms with Gasteiger partial charge in [-0.3, -0.25) is 14.2 Å². The Kier molecular flexibility index (Phi) is 6.87. The number of nitrogens with zero attached hydrogens (tertiary/aromatic N) is 3. The van der Waals surface area contributed by atoms with Crippen molar-refractivity contribution in [1.82, 2.24) is 4.57 Å². The van der Waals surface area contributed by atoms with Crippen LogP contribution >= 0.6 is 27.3 Å². The van der Waals surface area contributed by atoms with Crippen LogP contribution in [0.25, 0.3) is 5.57 Å². The van der Waals surface area contributed by atoms with Gasteiger partial charge in [-0.05, 0) is 67.4 Å². The van der Waals surface area contributed by atoms with Crippen molar-refractivity contribution in [1.29, 1.82) is 0 Å². The van der Waals surface area contributed by atoms with E-state index in [2.05, 4.69) is 20.9 Å². The zero-order valence-corrected chi connectivity index (χ0v) is 24.0. The SMILES string of the molecule is CCOC(=O)C1=C(C)N=c2s/c(=C3/C(=O)N(C(C)C)c4ccccc43)c(=O)n2[C@@H]1c1ccc(OC)c(Br)c1. The van der Waals surface area contributed by atoms with Crippen LogP contribution in [0.15, 0.2) is 68.0 Å². The number of halogens is 1. The monoisotopic (exact) mass is 595 g/mol. The summed E-state index contributed by atoms with van der Waals surface area (Å²) in [5, 5.41) is 0. The Balaban J connectivity index is 1.83. The maximum Gasteiger partial charge on any atom is 0.338 e. The number of esters is 1. The Hall–Kier alpha value is -3.50. The fourth-order valence-corrected chi connectivity index (χ4v) is 6.68. The molecular formula is C28H26BrN3O5S. The first-order valence-electron chi connectivity index (χ1n) is 12.2. The summed E-state index contributed by atoms with van der Waals surface area (Å²) >= 11 is 4.68. The average Bonchev–Trinajstić information content (AvgIpc) is 3.35. The fraction of sp³-hybridized carbons (Fsp3) is 0.286. The zero-order valence-electron chi connectivity index (χ0n) is 21.6. The summed E-state index contributed by atoms with van der Waals surface area (Å²) in [6.07, 6.45) is 0. The quantitative estimate of drug-likeness (QED) is 0.420. The molecule has 0 N–H and O–H groups in total. The number of carbonyl (C=O) groups is 2. The molecule has 0 bridgehead atoms. The highest BCUT2D eigenvalue weighted by Crippen LogP contribution is 2.37. The number of amides is 1. The van der Waals surface area contributed by atoms with Crippen LogP contribution in [0.2, 0.25) is 0 Å². The molecule has 0 fully saturated rings. The molecule has 1 atom stereocenters. The second-order valence-electron chi connectivity index (χ2n) is 9.18. The lowest BCUT2D eigenvalue weighted by Crippen LogP contribution is -2.41. The smallest absolute Gasteiger partial charge is 0.338 e. The molecule has 3 aromatic rings. The van der Waals surface area contributed by atoms with Gasteiger partial charge in [0.1, 0.15) is 10.3 Å². The maximum atomic E-state index is 14.2. The van der Waals surface area contributed by atoms with Gasteiger partial charge in [-0.25, -0.2) is 9.79 Å². The fourth-order valence-electron chi connectivity index (χ4n) is 4.98. The van der Waals surface area contributed by atoms with Gasteiger partial charge in [-0.15, -0.1) is 0 Å². The van der Waals surface area contributed by atoms with Gasteiger partial charge in [0.25, 0.3) is 11.5 Å². The van der Waals surface area contributed by atoms with E-state index in [0.717, 1.165) is 17.0 Å². The third-order valence-corrected chi connectivity index (χ3v) is 8.27. The van der Waals surface area contributed by atoms with E-state index in [-0.39, 0.29) is 29.7 Å². The minimum absolute atomic E-state index is 0.0908. The summed E-state index contributed by atoms with van der Waals surface area (Å²) in [5.74, 6) is -0.155. The van der Waals surface area contributed by atoms with Crippen LogP contribution in [0.4, 0.5) is 5.69 Å². The Labute approximate surface area is 231 Å². The van der Waals surface area contributed by atoms with Gasteiger partial charge in [0, 0.05) is 11.6 Å². The van der Waals surface area contributed by atoms with Gasteiger partial charge in [0.05, 0.1) is 46.8 Å². The molecule has 0 unspecified atom stereocenters. The largest absolute Gasteiger partial charge is 0.496 e. The number of thiazole rings is 1. The van der Waals surface area contributed by atoms with Crippen molar-refractivity contribution in [3.05, 3.63) is 89.0 Å². The van der Waals surface area contributed by atoms with Crippen LogP contribution in [-0.2, 0) is 14.3 Å². The number of fused-ring (bicyclic) bond motifs is 2. The number of rotatable bonds is 5. The minimum Gasteiger partial charge on any atom is -0.496 e. The molecule has 2 aliphatic rings. The lowest BCUT2D eigenvalue weighted by atomic mass is 9.96. The van der Waals surface area contributed by atoms with Crippen LogP contribution in [-0.4, -0.2) is 36.2 Å². The molecule has 1 aromatic heterocycles. The Morgan fingerprint density at radius 2 is 1.92 bits per heavy atom. The Morgan fingerprint density at radius 3 is 2.58 bits per heavy atom. The standard InChI is InChI=1S/C28H26BrN3O5S/c1-6-37-27(35)21-15(4)30-28-32(23(21)16-11-12-20(36-5)18(29)13-16)26(34)24(38-28)22-17-9-7-8-10-19(17)31(14(2)3)25(22)33/h7-14,23H,6H2,1-5H3/b24-22+/t23-/m1/s1. The van der Waals surface area contributed by atoms with Crippen molar-refractivity contribution >= 4 is 50.4 Å². The summed E-state index contributed by atoms with van der Waals surface area (Å²) in [6, 6.07) is 12.0. The van der Waals surface area contributed by atoms with Crippen molar-refractivity contribution in [3.63, 3.8) is 0 Å². The van der Waals surface area contributed by atoms with Gasteiger partial charge in [-0.1, -0.05) is 35.6 Å². The lowest BCUT2D eigenvalue weighted by molar-refractivity contribution is -0.139. The molecular weight excluding hydrogens is 570 g/mol. The predicted molar refractivity (Wildman–Crippen MR) is 149 cm³/mol. The second-order valence-corrected chi connectivity index (χ2v) is 11.0. The predicted octanol–water partition coefficient (Wildman–Crippen LogP) is 3.69. The molecule has 38 heavy (non-hydrogen) atoms. The molecule has 0 saturated carbocycles. The average molecular weight is 597 g/mol. The number of para-hydroxylation sites is 1. The summed E-state index contributed by atoms with van der Waals surface area (Å²) < 4.78 is 13.2. The minimum atomic E-state index is -0.796. The van der Waals surface area contributed by atoms with Crippen LogP contribution < -0.4 is 24.5 Å². The number of benzene rings is 2. The van der Waals surface area contributed by atoms with E-state index in [1.54, 1.807) is 31.9 Å². The van der Waals surface area contributed by atoms with Crippen molar-refractivity contribution in [2.24, 2.45) is 4.99 Å². The van der Waals surface area contributed by atoms with Gasteiger partial charge in [-0.2, -0.15) is 0 Å². The number of hydrogen-bond acceptors (Lipinski definition) is 7. The molecule has 5 rings (SSSR count). The number of aromatic nitrogens is 1. The van der Waals surface area contributed by atoms with Gasteiger partial charge in [0.15, 0.2) is 4.80 Å². The van der Waals surface area contributed by atoms with E-state index >= 15 is 0 Å². The Bertz CT molecular complexity index is 1700. The van der Waals surface area contributed by atoms with Gasteiger partial charge in [0.2, 0.25) is 0 Å². The molecule has 3 heterocycles. The molecule has 8 nitrogen and oxygen atoms in total. The summed E-state index contributed by atoms with van der Waals surface area (Å²) in [6.45, 7) is 7.52. The molecule has 10 heteroatoms. The highest BCUT2D eigenvalue weighted by molar-refractivity contribution is 9.10. The van der Waals surface area contributed by atoms with Crippen LogP contribution in [0.5, 0.6) is 5.75 Å². The molecule has 2 aromatic carbocycles. The lowest BCUT2D eigenvalue weighted by Gasteiger charge is -2.25.